The van der Waals surface area contributed by atoms with Gasteiger partial charge in [-0.25, -0.2) is 0 Å². The van der Waals surface area contributed by atoms with Crippen LogP contribution in [0.2, 0.25) is 0 Å². The summed E-state index contributed by atoms with van der Waals surface area (Å²) in [5, 5.41) is 20.8. The van der Waals surface area contributed by atoms with Crippen LogP contribution in [-0.4, -0.2) is 22.7 Å². The van der Waals surface area contributed by atoms with Crippen LogP contribution in [0, 0.1) is 12.3 Å². The first-order valence-corrected chi connectivity index (χ1v) is 3.89. The zero-order chi connectivity index (χ0) is 10.6. The normalized spacial score (nSPS) is 9.07. The number of hydrogen-bond acceptors (Lipinski definition) is 3. The van der Waals surface area contributed by atoms with Gasteiger partial charge in [-0.3, -0.25) is 4.79 Å². The van der Waals surface area contributed by atoms with Gasteiger partial charge in [0.25, 0.3) is 5.91 Å². The molecule has 72 valence electrons. The van der Waals surface area contributed by atoms with E-state index in [4.69, 9.17) is 11.5 Å². The van der Waals surface area contributed by atoms with Gasteiger partial charge in [-0.15, -0.1) is 6.42 Å². The molecular weight excluding hydrogens is 182 g/mol. The molecule has 1 aromatic carbocycles. The van der Waals surface area contributed by atoms with Crippen LogP contribution in [0.25, 0.3) is 0 Å². The molecule has 3 N–H and O–H groups in total. The molecule has 0 aliphatic rings. The maximum atomic E-state index is 11.3. The van der Waals surface area contributed by atoms with Crippen molar-refractivity contribution in [2.75, 3.05) is 6.54 Å². The number of terminal acetylenes is 1. The Hall–Kier alpha value is -2.15. The Balaban J connectivity index is 2.91. The third-order valence-electron chi connectivity index (χ3n) is 1.61. The molecule has 0 saturated heterocycles. The van der Waals surface area contributed by atoms with Crippen molar-refractivity contribution in [2.24, 2.45) is 0 Å². The maximum Gasteiger partial charge on any atom is 0.255 e. The van der Waals surface area contributed by atoms with Crippen molar-refractivity contribution < 1.29 is 15.0 Å². The van der Waals surface area contributed by atoms with Gasteiger partial charge in [-0.05, 0) is 12.1 Å². The van der Waals surface area contributed by atoms with Crippen LogP contribution in [0.3, 0.4) is 0 Å². The largest absolute Gasteiger partial charge is 0.504 e. The minimum absolute atomic E-state index is 0.000231. The third-order valence-corrected chi connectivity index (χ3v) is 1.61. The van der Waals surface area contributed by atoms with E-state index < -0.39 is 11.7 Å². The van der Waals surface area contributed by atoms with Crippen LogP contribution in [0.1, 0.15) is 10.4 Å². The SMILES string of the molecule is C#CCNC(=O)c1cccc(O)c1O. The van der Waals surface area contributed by atoms with Gasteiger partial charge in [0.15, 0.2) is 11.5 Å². The average Bonchev–Trinajstić information content (AvgIpc) is 2.18. The number of carbonyl (C=O) groups excluding carboxylic acids is 1. The Bertz CT molecular complexity index is 393. The number of hydrogen-bond donors (Lipinski definition) is 3. The predicted octanol–water partition coefficient (Wildman–Crippen LogP) is 0.461. The Morgan fingerprint density at radius 2 is 2.21 bits per heavy atom. The molecule has 0 aliphatic heterocycles. The van der Waals surface area contributed by atoms with Crippen molar-refractivity contribution in [2.45, 2.75) is 0 Å². The molecule has 0 aliphatic carbocycles. The van der Waals surface area contributed by atoms with Gasteiger partial charge in [0.2, 0.25) is 0 Å². The highest BCUT2D eigenvalue weighted by atomic mass is 16.3. The second-order valence-electron chi connectivity index (χ2n) is 2.56. The fraction of sp³-hybridized carbons (Fsp3) is 0.100. The van der Waals surface area contributed by atoms with Crippen LogP contribution in [0.15, 0.2) is 18.2 Å². The number of para-hydroxylation sites is 1. The first kappa shape index (κ1) is 9.93. The molecule has 0 atom stereocenters. The lowest BCUT2D eigenvalue weighted by Gasteiger charge is -2.04. The monoisotopic (exact) mass is 191 g/mol. The van der Waals surface area contributed by atoms with E-state index >= 15 is 0 Å². The molecule has 0 unspecified atom stereocenters. The predicted molar refractivity (Wildman–Crippen MR) is 50.9 cm³/mol. The molecule has 0 aromatic heterocycles. The number of aromatic hydroxyl groups is 2. The molecule has 1 aromatic rings. The molecule has 1 rings (SSSR count). The van der Waals surface area contributed by atoms with Gasteiger partial charge in [0.05, 0.1) is 12.1 Å². The minimum Gasteiger partial charge on any atom is -0.504 e. The quantitative estimate of drug-likeness (QED) is 0.470. The molecule has 0 fully saturated rings. The lowest BCUT2D eigenvalue weighted by Crippen LogP contribution is -2.23. The van der Waals surface area contributed by atoms with Crippen LogP contribution >= 0.6 is 0 Å². The summed E-state index contributed by atoms with van der Waals surface area (Å²) in [6.45, 7) is 0.0773. The fourth-order valence-electron chi connectivity index (χ4n) is 0.941. The van der Waals surface area contributed by atoms with E-state index in [1.54, 1.807) is 0 Å². The minimum atomic E-state index is -0.517. The van der Waals surface area contributed by atoms with Crippen molar-refractivity contribution >= 4 is 5.91 Å². The number of benzene rings is 1. The van der Waals surface area contributed by atoms with Crippen LogP contribution in [-0.2, 0) is 0 Å². The van der Waals surface area contributed by atoms with Crippen molar-refractivity contribution in [3.8, 4) is 23.8 Å². The van der Waals surface area contributed by atoms with E-state index in [2.05, 4.69) is 11.2 Å². The van der Waals surface area contributed by atoms with E-state index in [0.717, 1.165) is 0 Å². The molecular formula is C10H9NO3. The second-order valence-corrected chi connectivity index (χ2v) is 2.56. The summed E-state index contributed by atoms with van der Waals surface area (Å²) in [4.78, 5) is 11.3. The fourth-order valence-corrected chi connectivity index (χ4v) is 0.941. The standard InChI is InChI=1S/C10H9NO3/c1-2-6-11-10(14)7-4-3-5-8(12)9(7)13/h1,3-5,12-13H,6H2,(H,11,14). The van der Waals surface area contributed by atoms with E-state index in [9.17, 15) is 9.90 Å². The van der Waals surface area contributed by atoms with Crippen LogP contribution in [0.5, 0.6) is 11.5 Å². The van der Waals surface area contributed by atoms with E-state index in [1.807, 2.05) is 0 Å². The molecule has 0 radical (unpaired) electrons. The molecule has 0 bridgehead atoms. The smallest absolute Gasteiger partial charge is 0.255 e. The van der Waals surface area contributed by atoms with Crippen molar-refractivity contribution in [1.82, 2.24) is 5.32 Å². The van der Waals surface area contributed by atoms with E-state index in [1.165, 1.54) is 18.2 Å². The summed E-state index contributed by atoms with van der Waals surface area (Å²) in [5.41, 5.74) is 0.000231. The van der Waals surface area contributed by atoms with Gasteiger partial charge in [-0.1, -0.05) is 12.0 Å². The van der Waals surface area contributed by atoms with Crippen LogP contribution in [0.4, 0.5) is 0 Å². The summed E-state index contributed by atoms with van der Waals surface area (Å²) in [7, 11) is 0. The molecule has 4 heteroatoms. The Morgan fingerprint density at radius 1 is 1.50 bits per heavy atom. The summed E-state index contributed by atoms with van der Waals surface area (Å²) in [5.74, 6) is 0.932. The second kappa shape index (κ2) is 4.19. The molecule has 14 heavy (non-hydrogen) atoms. The van der Waals surface area contributed by atoms with E-state index in [-0.39, 0.29) is 17.9 Å². The number of phenolic OH excluding ortho intramolecular Hbond substituents is 2. The summed E-state index contributed by atoms with van der Waals surface area (Å²) in [6, 6.07) is 4.13. The first-order chi connectivity index (χ1) is 6.66. The number of carbonyl (C=O) groups is 1. The number of phenols is 2. The average molecular weight is 191 g/mol. The summed E-state index contributed by atoms with van der Waals surface area (Å²) >= 11 is 0. The molecule has 0 spiro atoms. The van der Waals surface area contributed by atoms with Crippen molar-refractivity contribution in [3.05, 3.63) is 23.8 Å². The highest BCUT2D eigenvalue weighted by Gasteiger charge is 2.12. The Morgan fingerprint density at radius 3 is 2.86 bits per heavy atom. The van der Waals surface area contributed by atoms with Gasteiger partial charge in [0, 0.05) is 0 Å². The first-order valence-electron chi connectivity index (χ1n) is 3.89. The lowest BCUT2D eigenvalue weighted by molar-refractivity contribution is 0.0955. The molecule has 1 amide bonds. The number of rotatable bonds is 2. The Kier molecular flexibility index (Phi) is 2.97. The van der Waals surface area contributed by atoms with Gasteiger partial charge < -0.3 is 15.5 Å². The maximum absolute atomic E-state index is 11.3. The molecule has 0 saturated carbocycles. The van der Waals surface area contributed by atoms with E-state index in [0.29, 0.717) is 0 Å². The van der Waals surface area contributed by atoms with Crippen molar-refractivity contribution in [1.29, 1.82) is 0 Å². The Labute approximate surface area is 81.2 Å². The van der Waals surface area contributed by atoms with Gasteiger partial charge >= 0.3 is 0 Å². The number of amides is 1. The molecule has 0 heterocycles. The summed E-state index contributed by atoms with van der Waals surface area (Å²) < 4.78 is 0. The zero-order valence-corrected chi connectivity index (χ0v) is 7.32. The highest BCUT2D eigenvalue weighted by Crippen LogP contribution is 2.27. The molecule has 4 nitrogen and oxygen atoms in total. The highest BCUT2D eigenvalue weighted by molar-refractivity contribution is 5.97. The van der Waals surface area contributed by atoms with Gasteiger partial charge in [0.1, 0.15) is 0 Å². The third kappa shape index (κ3) is 1.96. The topological polar surface area (TPSA) is 69.6 Å². The number of nitrogens with one attached hydrogen (secondary N) is 1. The zero-order valence-electron chi connectivity index (χ0n) is 7.32. The van der Waals surface area contributed by atoms with Crippen molar-refractivity contribution in [3.63, 3.8) is 0 Å². The lowest BCUT2D eigenvalue weighted by atomic mass is 10.1. The summed E-state index contributed by atoms with van der Waals surface area (Å²) in [6.07, 6.45) is 4.95. The van der Waals surface area contributed by atoms with Crippen LogP contribution < -0.4 is 5.32 Å². The van der Waals surface area contributed by atoms with Gasteiger partial charge in [-0.2, -0.15) is 0 Å².